The molecule has 7 N–H and O–H groups in total. The number of fused-ring (bicyclic) bond motifs is 7. The van der Waals surface area contributed by atoms with Crippen molar-refractivity contribution in [2.75, 3.05) is 0 Å². The minimum absolute atomic E-state index is 0.0572. The molecule has 8 nitrogen and oxygen atoms in total. The zero-order valence-electron chi connectivity index (χ0n) is 23.9. The van der Waals surface area contributed by atoms with Gasteiger partial charge >= 0.3 is 5.97 Å². The fourth-order valence-corrected chi connectivity index (χ4v) is 10.9. The summed E-state index contributed by atoms with van der Waals surface area (Å²) in [5, 5.41) is 78.9. The van der Waals surface area contributed by atoms with Gasteiger partial charge in [-0.15, -0.1) is 0 Å². The number of allylic oxidation sites excluding steroid dienone is 1. The van der Waals surface area contributed by atoms with Gasteiger partial charge in [-0.1, -0.05) is 46.3 Å². The fraction of sp³-hybridized carbons (Fsp3) is 0.900. The number of aliphatic carboxylic acids is 1. The Morgan fingerprint density at radius 2 is 1.47 bits per heavy atom. The lowest BCUT2D eigenvalue weighted by Gasteiger charge is -2.73. The summed E-state index contributed by atoms with van der Waals surface area (Å²) in [6.07, 6.45) is -0.492. The number of carboxylic acid groups (broad SMARTS) is 1. The van der Waals surface area contributed by atoms with Crippen LogP contribution in [-0.4, -0.2) is 77.3 Å². The van der Waals surface area contributed by atoms with Gasteiger partial charge in [0, 0.05) is 11.3 Å². The number of aliphatic hydroxyl groups is 6. The number of aliphatic hydroxyl groups excluding tert-OH is 4. The van der Waals surface area contributed by atoms with Gasteiger partial charge in [-0.2, -0.15) is 0 Å². The van der Waals surface area contributed by atoms with E-state index < -0.39 is 74.6 Å². The van der Waals surface area contributed by atoms with Gasteiger partial charge in [-0.05, 0) is 80.5 Å². The molecule has 5 aliphatic carbocycles. The minimum Gasteiger partial charge on any atom is -0.481 e. The first-order chi connectivity index (χ1) is 17.2. The lowest BCUT2D eigenvalue weighted by atomic mass is 9.32. The standard InChI is InChI=1S/C30H48O8/c1-24(2)16-10-11-25(3)17(28(16,6)22(34)19(32)21(24)33)9-8-15-20-29(7,38)27(5,37)12-13-30(20,23(35)36)18(31)14-26(15,25)4/h8,16-22,31-34,37-38H,9-14H2,1-7H3,(H,35,36). The largest absolute Gasteiger partial charge is 0.481 e. The van der Waals surface area contributed by atoms with Crippen LogP contribution < -0.4 is 0 Å². The third-order valence-electron chi connectivity index (χ3n) is 13.7. The quantitative estimate of drug-likeness (QED) is 0.251. The number of rotatable bonds is 1. The normalized spacial score (nSPS) is 59.5. The van der Waals surface area contributed by atoms with Crippen LogP contribution >= 0.6 is 0 Å². The molecule has 8 heteroatoms. The lowest BCUT2D eigenvalue weighted by Crippen LogP contribution is -2.75. The summed E-state index contributed by atoms with van der Waals surface area (Å²) in [6, 6.07) is 0. The second-order valence-corrected chi connectivity index (χ2v) is 15.3. The summed E-state index contributed by atoms with van der Waals surface area (Å²) in [4.78, 5) is 12.9. The molecule has 0 saturated heterocycles. The maximum absolute atomic E-state index is 12.9. The predicted octanol–water partition coefficient (Wildman–Crippen LogP) is 2.23. The Hall–Kier alpha value is -1.03. The molecule has 0 spiro atoms. The smallest absolute Gasteiger partial charge is 0.313 e. The minimum atomic E-state index is -1.80. The van der Waals surface area contributed by atoms with E-state index in [1.165, 1.54) is 6.92 Å². The molecule has 0 bridgehead atoms. The molecule has 5 aliphatic rings. The number of carboxylic acids is 1. The van der Waals surface area contributed by atoms with Crippen molar-refractivity contribution in [2.45, 2.75) is 123 Å². The Labute approximate surface area is 225 Å². The van der Waals surface area contributed by atoms with Crippen LogP contribution in [0.1, 0.15) is 87.0 Å². The van der Waals surface area contributed by atoms with Gasteiger partial charge in [0.25, 0.3) is 0 Å². The van der Waals surface area contributed by atoms with Gasteiger partial charge in [-0.25, -0.2) is 0 Å². The van der Waals surface area contributed by atoms with Gasteiger partial charge in [0.1, 0.15) is 11.5 Å². The lowest BCUT2D eigenvalue weighted by molar-refractivity contribution is -0.289. The van der Waals surface area contributed by atoms with Crippen LogP contribution in [0, 0.1) is 44.8 Å². The second kappa shape index (κ2) is 7.83. The van der Waals surface area contributed by atoms with E-state index in [-0.39, 0.29) is 31.1 Å². The topological polar surface area (TPSA) is 159 Å². The van der Waals surface area contributed by atoms with E-state index >= 15 is 0 Å². The van der Waals surface area contributed by atoms with Crippen molar-refractivity contribution in [1.82, 2.24) is 0 Å². The molecular formula is C30H48O8. The SMILES string of the molecule is CC1(C)C(O)C(O)C(O)C2(C)C1CCC1(C)C2CC=C2C3C(C(=O)O)(CCC(C)(O)C3(C)O)C(O)CC21C. The van der Waals surface area contributed by atoms with Crippen LogP contribution in [0.15, 0.2) is 11.6 Å². The molecule has 13 atom stereocenters. The van der Waals surface area contributed by atoms with Crippen molar-refractivity contribution < 1.29 is 40.5 Å². The molecule has 0 aliphatic heterocycles. The van der Waals surface area contributed by atoms with Gasteiger partial charge in [0.05, 0.1) is 29.5 Å². The fourth-order valence-electron chi connectivity index (χ4n) is 10.9. The van der Waals surface area contributed by atoms with E-state index in [2.05, 4.69) is 13.8 Å². The summed E-state index contributed by atoms with van der Waals surface area (Å²) in [5.74, 6) is -2.34. The van der Waals surface area contributed by atoms with E-state index in [4.69, 9.17) is 0 Å². The van der Waals surface area contributed by atoms with E-state index in [1.54, 1.807) is 6.92 Å². The van der Waals surface area contributed by atoms with Crippen molar-refractivity contribution in [3.63, 3.8) is 0 Å². The highest BCUT2D eigenvalue weighted by Gasteiger charge is 2.76. The highest BCUT2D eigenvalue weighted by atomic mass is 16.4. The van der Waals surface area contributed by atoms with Crippen LogP contribution in [0.3, 0.4) is 0 Å². The number of hydrogen-bond donors (Lipinski definition) is 7. The molecule has 0 aromatic carbocycles. The summed E-state index contributed by atoms with van der Waals surface area (Å²) in [5.41, 5.74) is -6.78. The first kappa shape index (κ1) is 28.5. The summed E-state index contributed by atoms with van der Waals surface area (Å²) in [7, 11) is 0. The Morgan fingerprint density at radius 3 is 2.05 bits per heavy atom. The van der Waals surface area contributed by atoms with E-state index in [1.807, 2.05) is 26.8 Å². The molecule has 13 unspecified atom stereocenters. The molecule has 0 aromatic rings. The van der Waals surface area contributed by atoms with Crippen molar-refractivity contribution in [2.24, 2.45) is 44.8 Å². The van der Waals surface area contributed by atoms with E-state index in [0.717, 1.165) is 12.0 Å². The van der Waals surface area contributed by atoms with Crippen molar-refractivity contribution in [3.05, 3.63) is 11.6 Å². The Kier molecular flexibility index (Phi) is 5.87. The van der Waals surface area contributed by atoms with Crippen LogP contribution in [0.2, 0.25) is 0 Å². The highest BCUT2D eigenvalue weighted by Crippen LogP contribution is 2.76. The zero-order valence-corrected chi connectivity index (χ0v) is 23.9. The maximum atomic E-state index is 12.9. The Morgan fingerprint density at radius 1 is 0.868 bits per heavy atom. The predicted molar refractivity (Wildman–Crippen MR) is 140 cm³/mol. The molecule has 5 rings (SSSR count). The van der Waals surface area contributed by atoms with Crippen LogP contribution in [-0.2, 0) is 4.79 Å². The summed E-state index contributed by atoms with van der Waals surface area (Å²) < 4.78 is 0. The Balaban J connectivity index is 1.71. The molecular weight excluding hydrogens is 488 g/mol. The first-order valence-electron chi connectivity index (χ1n) is 14.3. The second-order valence-electron chi connectivity index (χ2n) is 15.3. The van der Waals surface area contributed by atoms with Crippen LogP contribution in [0.4, 0.5) is 0 Å². The third-order valence-corrected chi connectivity index (χ3v) is 13.7. The third kappa shape index (κ3) is 2.90. The summed E-state index contributed by atoms with van der Waals surface area (Å²) >= 11 is 0. The Bertz CT molecular complexity index is 1060. The zero-order chi connectivity index (χ0) is 28.6. The van der Waals surface area contributed by atoms with Crippen LogP contribution in [0.5, 0.6) is 0 Å². The van der Waals surface area contributed by atoms with Gasteiger partial charge in [0.15, 0.2) is 0 Å². The van der Waals surface area contributed by atoms with Gasteiger partial charge in [0.2, 0.25) is 0 Å². The molecule has 216 valence electrons. The average molecular weight is 537 g/mol. The van der Waals surface area contributed by atoms with Gasteiger partial charge < -0.3 is 35.7 Å². The molecule has 0 aromatic heterocycles. The van der Waals surface area contributed by atoms with Gasteiger partial charge in [-0.3, -0.25) is 4.79 Å². The number of carbonyl (C=O) groups is 1. The molecule has 0 radical (unpaired) electrons. The molecule has 0 heterocycles. The van der Waals surface area contributed by atoms with E-state index in [9.17, 15) is 40.5 Å². The maximum Gasteiger partial charge on any atom is 0.313 e. The van der Waals surface area contributed by atoms with Crippen LogP contribution in [0.25, 0.3) is 0 Å². The van der Waals surface area contributed by atoms with Crippen molar-refractivity contribution >= 4 is 5.97 Å². The summed E-state index contributed by atoms with van der Waals surface area (Å²) in [6.45, 7) is 13.2. The molecule has 4 fully saturated rings. The number of hydrogen-bond acceptors (Lipinski definition) is 7. The van der Waals surface area contributed by atoms with Crippen molar-refractivity contribution in [1.29, 1.82) is 0 Å². The highest BCUT2D eigenvalue weighted by molar-refractivity contribution is 5.78. The average Bonchev–Trinajstić information content (AvgIpc) is 2.79. The monoisotopic (exact) mass is 536 g/mol. The first-order valence-corrected chi connectivity index (χ1v) is 14.3. The van der Waals surface area contributed by atoms with Crippen molar-refractivity contribution in [3.8, 4) is 0 Å². The molecule has 0 amide bonds. The van der Waals surface area contributed by atoms with E-state index in [0.29, 0.717) is 12.8 Å². The molecule has 4 saturated carbocycles. The molecule has 38 heavy (non-hydrogen) atoms.